The molecule has 0 spiro atoms. The summed E-state index contributed by atoms with van der Waals surface area (Å²) in [4.78, 5) is 2.63. The molecule has 0 bridgehead atoms. The normalized spacial score (nSPS) is 34.4. The SMILES string of the molecule is CCC1(C)CCN(CC2C=CC(N)C2)CC1. The van der Waals surface area contributed by atoms with Crippen molar-refractivity contribution in [1.82, 2.24) is 4.90 Å². The summed E-state index contributed by atoms with van der Waals surface area (Å²) in [7, 11) is 0. The quantitative estimate of drug-likeness (QED) is 0.743. The van der Waals surface area contributed by atoms with E-state index in [1.165, 1.54) is 38.9 Å². The number of nitrogens with zero attached hydrogens (tertiary/aromatic N) is 1. The number of hydrogen-bond acceptors (Lipinski definition) is 2. The van der Waals surface area contributed by atoms with Gasteiger partial charge in [-0.3, -0.25) is 0 Å². The van der Waals surface area contributed by atoms with Gasteiger partial charge >= 0.3 is 0 Å². The Morgan fingerprint density at radius 3 is 2.50 bits per heavy atom. The summed E-state index contributed by atoms with van der Waals surface area (Å²) in [5.74, 6) is 0.709. The first-order chi connectivity index (χ1) is 7.61. The Morgan fingerprint density at radius 2 is 2.00 bits per heavy atom. The molecule has 16 heavy (non-hydrogen) atoms. The Hall–Kier alpha value is -0.340. The van der Waals surface area contributed by atoms with Crippen LogP contribution in [-0.2, 0) is 0 Å². The molecule has 1 heterocycles. The zero-order valence-corrected chi connectivity index (χ0v) is 10.8. The van der Waals surface area contributed by atoms with Crippen LogP contribution in [0.3, 0.4) is 0 Å². The number of piperidine rings is 1. The van der Waals surface area contributed by atoms with E-state index in [9.17, 15) is 0 Å². The van der Waals surface area contributed by atoms with Gasteiger partial charge in [0.25, 0.3) is 0 Å². The molecule has 0 radical (unpaired) electrons. The van der Waals surface area contributed by atoms with E-state index in [0.717, 1.165) is 6.42 Å². The minimum atomic E-state index is 0.315. The molecule has 1 fully saturated rings. The second kappa shape index (κ2) is 4.89. The highest BCUT2D eigenvalue weighted by Crippen LogP contribution is 2.34. The number of nitrogens with two attached hydrogens (primary N) is 1. The van der Waals surface area contributed by atoms with E-state index in [1.807, 2.05) is 0 Å². The van der Waals surface area contributed by atoms with Crippen LogP contribution in [0, 0.1) is 11.3 Å². The lowest BCUT2D eigenvalue weighted by Crippen LogP contribution is -2.40. The lowest BCUT2D eigenvalue weighted by molar-refractivity contribution is 0.106. The Bertz CT molecular complexity index is 251. The van der Waals surface area contributed by atoms with Gasteiger partial charge in [0, 0.05) is 12.6 Å². The second-order valence-electron chi connectivity index (χ2n) is 6.01. The highest BCUT2D eigenvalue weighted by atomic mass is 15.1. The summed E-state index contributed by atoms with van der Waals surface area (Å²) in [5.41, 5.74) is 6.50. The van der Waals surface area contributed by atoms with Crippen molar-refractivity contribution < 1.29 is 0 Å². The topological polar surface area (TPSA) is 29.3 Å². The minimum Gasteiger partial charge on any atom is -0.324 e. The van der Waals surface area contributed by atoms with Crippen molar-refractivity contribution in [2.45, 2.75) is 45.6 Å². The van der Waals surface area contributed by atoms with Gasteiger partial charge in [-0.25, -0.2) is 0 Å². The fraction of sp³-hybridized carbons (Fsp3) is 0.857. The Labute approximate surface area is 99.9 Å². The van der Waals surface area contributed by atoms with Crippen LogP contribution < -0.4 is 5.73 Å². The van der Waals surface area contributed by atoms with Crippen LogP contribution in [0.4, 0.5) is 0 Å². The smallest absolute Gasteiger partial charge is 0.0229 e. The zero-order chi connectivity index (χ0) is 11.6. The summed E-state index contributed by atoms with van der Waals surface area (Å²) >= 11 is 0. The summed E-state index contributed by atoms with van der Waals surface area (Å²) in [6, 6.07) is 0.315. The third kappa shape index (κ3) is 2.86. The Balaban J connectivity index is 1.75. The molecule has 0 saturated carbocycles. The van der Waals surface area contributed by atoms with Crippen molar-refractivity contribution in [1.29, 1.82) is 0 Å². The molecule has 1 saturated heterocycles. The lowest BCUT2D eigenvalue weighted by atomic mass is 9.78. The first kappa shape index (κ1) is 12.1. The van der Waals surface area contributed by atoms with Crippen molar-refractivity contribution in [2.24, 2.45) is 17.1 Å². The summed E-state index contributed by atoms with van der Waals surface area (Å²) in [6.07, 6.45) is 9.71. The van der Waals surface area contributed by atoms with Crippen LogP contribution in [0.15, 0.2) is 12.2 Å². The molecular formula is C14H26N2. The maximum atomic E-state index is 5.89. The van der Waals surface area contributed by atoms with Crippen molar-refractivity contribution in [3.8, 4) is 0 Å². The van der Waals surface area contributed by atoms with Gasteiger partial charge in [0.15, 0.2) is 0 Å². The molecule has 2 aliphatic rings. The van der Waals surface area contributed by atoms with Gasteiger partial charge in [-0.05, 0) is 43.7 Å². The number of likely N-dealkylation sites (tertiary alicyclic amines) is 1. The summed E-state index contributed by atoms with van der Waals surface area (Å²) in [5, 5.41) is 0. The molecule has 2 N–H and O–H groups in total. The molecule has 0 aromatic carbocycles. The van der Waals surface area contributed by atoms with Crippen LogP contribution in [0.25, 0.3) is 0 Å². The Morgan fingerprint density at radius 1 is 1.31 bits per heavy atom. The summed E-state index contributed by atoms with van der Waals surface area (Å²) in [6.45, 7) is 8.56. The number of hydrogen-bond donors (Lipinski definition) is 1. The summed E-state index contributed by atoms with van der Waals surface area (Å²) < 4.78 is 0. The van der Waals surface area contributed by atoms with Gasteiger partial charge in [-0.15, -0.1) is 0 Å². The van der Waals surface area contributed by atoms with E-state index in [0.29, 0.717) is 17.4 Å². The van der Waals surface area contributed by atoms with E-state index >= 15 is 0 Å². The van der Waals surface area contributed by atoms with E-state index in [4.69, 9.17) is 5.73 Å². The third-order valence-corrected chi connectivity index (χ3v) is 4.61. The molecule has 92 valence electrons. The van der Waals surface area contributed by atoms with Crippen molar-refractivity contribution >= 4 is 0 Å². The van der Waals surface area contributed by atoms with Crippen molar-refractivity contribution in [3.05, 3.63) is 12.2 Å². The third-order valence-electron chi connectivity index (χ3n) is 4.61. The largest absolute Gasteiger partial charge is 0.324 e. The van der Waals surface area contributed by atoms with Gasteiger partial charge < -0.3 is 10.6 Å². The molecule has 2 nitrogen and oxygen atoms in total. The first-order valence-corrected chi connectivity index (χ1v) is 6.77. The van der Waals surface area contributed by atoms with E-state index < -0.39 is 0 Å². The average Bonchev–Trinajstić information content (AvgIpc) is 2.68. The average molecular weight is 222 g/mol. The molecule has 1 aliphatic heterocycles. The second-order valence-corrected chi connectivity index (χ2v) is 6.01. The molecule has 2 heteroatoms. The van der Waals surface area contributed by atoms with E-state index in [1.54, 1.807) is 0 Å². The highest BCUT2D eigenvalue weighted by Gasteiger charge is 2.29. The maximum absolute atomic E-state index is 5.89. The number of rotatable bonds is 3. The lowest BCUT2D eigenvalue weighted by Gasteiger charge is -2.39. The van der Waals surface area contributed by atoms with Crippen LogP contribution in [-0.4, -0.2) is 30.6 Å². The van der Waals surface area contributed by atoms with Gasteiger partial charge in [-0.1, -0.05) is 32.4 Å². The fourth-order valence-corrected chi connectivity index (χ4v) is 2.90. The molecule has 2 rings (SSSR count). The molecule has 1 aliphatic carbocycles. The Kier molecular flexibility index (Phi) is 3.70. The first-order valence-electron chi connectivity index (χ1n) is 6.77. The van der Waals surface area contributed by atoms with Crippen LogP contribution >= 0.6 is 0 Å². The van der Waals surface area contributed by atoms with Crippen LogP contribution in [0.2, 0.25) is 0 Å². The highest BCUT2D eigenvalue weighted by molar-refractivity contribution is 5.05. The van der Waals surface area contributed by atoms with Gasteiger partial charge in [0.05, 0.1) is 0 Å². The molecule has 2 unspecified atom stereocenters. The zero-order valence-electron chi connectivity index (χ0n) is 10.8. The van der Waals surface area contributed by atoms with Crippen molar-refractivity contribution in [2.75, 3.05) is 19.6 Å². The molecule has 2 atom stereocenters. The van der Waals surface area contributed by atoms with Crippen LogP contribution in [0.1, 0.15) is 39.5 Å². The monoisotopic (exact) mass is 222 g/mol. The predicted molar refractivity (Wildman–Crippen MR) is 69.3 cm³/mol. The van der Waals surface area contributed by atoms with Gasteiger partial charge in [-0.2, -0.15) is 0 Å². The van der Waals surface area contributed by atoms with Gasteiger partial charge in [0.1, 0.15) is 0 Å². The molecule has 0 aromatic rings. The minimum absolute atomic E-state index is 0.315. The standard InChI is InChI=1S/C14H26N2/c1-3-14(2)6-8-16(9-7-14)11-12-4-5-13(15)10-12/h4-5,12-13H,3,6-11,15H2,1-2H3. The predicted octanol–water partition coefficient (Wildman–Crippen LogP) is 2.40. The van der Waals surface area contributed by atoms with E-state index in [2.05, 4.69) is 30.9 Å². The fourth-order valence-electron chi connectivity index (χ4n) is 2.90. The van der Waals surface area contributed by atoms with Gasteiger partial charge in [0.2, 0.25) is 0 Å². The molecular weight excluding hydrogens is 196 g/mol. The molecule has 0 amide bonds. The van der Waals surface area contributed by atoms with Crippen molar-refractivity contribution in [3.63, 3.8) is 0 Å². The van der Waals surface area contributed by atoms with E-state index in [-0.39, 0.29) is 0 Å². The van der Waals surface area contributed by atoms with Crippen LogP contribution in [0.5, 0.6) is 0 Å². The molecule has 0 aromatic heterocycles. The maximum Gasteiger partial charge on any atom is 0.0229 e.